The van der Waals surface area contributed by atoms with Gasteiger partial charge in [0.2, 0.25) is 0 Å². The highest BCUT2D eigenvalue weighted by atomic mass is 19.4. The summed E-state index contributed by atoms with van der Waals surface area (Å²) in [5, 5.41) is 4.76. The van der Waals surface area contributed by atoms with Gasteiger partial charge in [-0.05, 0) is 54.1 Å². The third-order valence-electron chi connectivity index (χ3n) is 5.89. The van der Waals surface area contributed by atoms with E-state index in [2.05, 4.69) is 4.90 Å². The number of rotatable bonds is 4. The molecule has 2 heterocycles. The number of fused-ring (bicyclic) bond motifs is 1. The van der Waals surface area contributed by atoms with Crippen LogP contribution in [0.25, 0.3) is 22.4 Å². The van der Waals surface area contributed by atoms with Gasteiger partial charge in [-0.25, -0.2) is 4.39 Å². The van der Waals surface area contributed by atoms with Crippen molar-refractivity contribution in [2.24, 2.45) is 0 Å². The molecule has 5 rings (SSSR count). The van der Waals surface area contributed by atoms with Crippen molar-refractivity contribution in [1.29, 1.82) is 0 Å². The third-order valence-corrected chi connectivity index (χ3v) is 5.89. The maximum absolute atomic E-state index is 14.7. The van der Waals surface area contributed by atoms with Gasteiger partial charge in [0.15, 0.2) is 0 Å². The van der Waals surface area contributed by atoms with Gasteiger partial charge in [-0.2, -0.15) is 18.3 Å². The van der Waals surface area contributed by atoms with Gasteiger partial charge >= 0.3 is 6.18 Å². The quantitative estimate of drug-likeness (QED) is 0.336. The molecule has 0 saturated heterocycles. The van der Waals surface area contributed by atoms with Crippen LogP contribution in [0.1, 0.15) is 22.4 Å². The van der Waals surface area contributed by atoms with Crippen molar-refractivity contribution in [2.45, 2.75) is 25.8 Å². The van der Waals surface area contributed by atoms with Crippen molar-refractivity contribution < 1.29 is 17.6 Å². The summed E-state index contributed by atoms with van der Waals surface area (Å²) in [7, 11) is 2.00. The fourth-order valence-corrected chi connectivity index (χ4v) is 4.39. The van der Waals surface area contributed by atoms with Crippen molar-refractivity contribution in [1.82, 2.24) is 14.7 Å². The summed E-state index contributed by atoms with van der Waals surface area (Å²) < 4.78 is 56.0. The van der Waals surface area contributed by atoms with Crippen LogP contribution in [0.15, 0.2) is 72.8 Å². The Kier molecular flexibility index (Phi) is 5.29. The minimum Gasteiger partial charge on any atom is -0.296 e. The fourth-order valence-electron chi connectivity index (χ4n) is 4.39. The summed E-state index contributed by atoms with van der Waals surface area (Å²) in [5.41, 5.74) is 4.54. The predicted molar refractivity (Wildman–Crippen MR) is 119 cm³/mol. The first kappa shape index (κ1) is 21.4. The van der Waals surface area contributed by atoms with Crippen LogP contribution in [-0.2, 0) is 25.8 Å². The van der Waals surface area contributed by atoms with Crippen LogP contribution in [0, 0.1) is 5.82 Å². The highest BCUT2D eigenvalue weighted by molar-refractivity contribution is 5.67. The van der Waals surface area contributed by atoms with Crippen LogP contribution in [0.5, 0.6) is 0 Å². The van der Waals surface area contributed by atoms with Crippen molar-refractivity contribution >= 4 is 0 Å². The van der Waals surface area contributed by atoms with Gasteiger partial charge in [0.25, 0.3) is 0 Å². The minimum absolute atomic E-state index is 0.311. The van der Waals surface area contributed by atoms with E-state index < -0.39 is 11.7 Å². The maximum atomic E-state index is 14.7. The molecule has 0 spiro atoms. The van der Waals surface area contributed by atoms with E-state index in [-0.39, 0.29) is 5.82 Å². The molecular formula is C26H21F4N3. The van der Waals surface area contributed by atoms with Crippen molar-refractivity contribution in [3.8, 4) is 22.4 Å². The topological polar surface area (TPSA) is 21.1 Å². The number of nitrogens with zero attached hydrogens (tertiary/aromatic N) is 3. The zero-order chi connectivity index (χ0) is 23.2. The molecule has 0 amide bonds. The maximum Gasteiger partial charge on any atom is 0.416 e. The first-order valence-corrected chi connectivity index (χ1v) is 10.6. The Morgan fingerprint density at radius 2 is 1.61 bits per heavy atom. The van der Waals surface area contributed by atoms with E-state index in [1.165, 1.54) is 12.1 Å². The molecule has 33 heavy (non-hydrogen) atoms. The lowest BCUT2D eigenvalue weighted by molar-refractivity contribution is -0.137. The van der Waals surface area contributed by atoms with Gasteiger partial charge in [-0.1, -0.05) is 42.5 Å². The molecule has 0 atom stereocenters. The molecule has 0 fully saturated rings. The Hall–Kier alpha value is -3.45. The van der Waals surface area contributed by atoms with Crippen LogP contribution in [0.3, 0.4) is 0 Å². The van der Waals surface area contributed by atoms with E-state index in [1.807, 2.05) is 25.2 Å². The minimum atomic E-state index is -4.40. The van der Waals surface area contributed by atoms with E-state index in [9.17, 15) is 17.6 Å². The van der Waals surface area contributed by atoms with Gasteiger partial charge in [0, 0.05) is 24.2 Å². The molecule has 0 aliphatic carbocycles. The molecule has 1 aliphatic heterocycles. The molecule has 0 N–H and O–H groups in total. The number of hydrogen-bond donors (Lipinski definition) is 0. The van der Waals surface area contributed by atoms with E-state index >= 15 is 0 Å². The second kappa shape index (κ2) is 8.15. The van der Waals surface area contributed by atoms with Crippen LogP contribution in [0.4, 0.5) is 17.6 Å². The molecule has 168 valence electrons. The van der Waals surface area contributed by atoms with Gasteiger partial charge in [0.1, 0.15) is 5.82 Å². The summed E-state index contributed by atoms with van der Waals surface area (Å²) in [6, 6.07) is 19.3. The Balaban J connectivity index is 1.53. The van der Waals surface area contributed by atoms with Crippen LogP contribution >= 0.6 is 0 Å². The average molecular weight is 451 g/mol. The van der Waals surface area contributed by atoms with E-state index in [0.29, 0.717) is 36.3 Å². The van der Waals surface area contributed by atoms with Gasteiger partial charge in [-0.3, -0.25) is 9.58 Å². The summed E-state index contributed by atoms with van der Waals surface area (Å²) >= 11 is 0. The lowest BCUT2D eigenvalue weighted by Crippen LogP contribution is -2.13. The van der Waals surface area contributed by atoms with Crippen LogP contribution in [-0.4, -0.2) is 21.7 Å². The van der Waals surface area contributed by atoms with Crippen molar-refractivity contribution in [3.05, 3.63) is 101 Å². The second-order valence-electron chi connectivity index (χ2n) is 8.36. The Bertz CT molecular complexity index is 1320. The average Bonchev–Trinajstić information content (AvgIpc) is 3.29. The molecule has 0 bridgehead atoms. The largest absolute Gasteiger partial charge is 0.416 e. The number of hydrogen-bond acceptors (Lipinski definition) is 2. The molecule has 7 heteroatoms. The normalized spacial score (nSPS) is 14.0. The smallest absolute Gasteiger partial charge is 0.296 e. The van der Waals surface area contributed by atoms with Crippen molar-refractivity contribution in [3.63, 3.8) is 0 Å². The number of aromatic nitrogens is 2. The van der Waals surface area contributed by atoms with E-state index in [1.54, 1.807) is 35.0 Å². The Morgan fingerprint density at radius 1 is 0.879 bits per heavy atom. The van der Waals surface area contributed by atoms with E-state index in [4.69, 9.17) is 5.10 Å². The molecule has 0 saturated carbocycles. The standard InChI is InChI=1S/C26H21F4N3/c1-32-15-22-24(16-32)31-33(25(22)21-10-2-3-11-23(21)27)14-17-6-4-7-18(12-17)19-8-5-9-20(13-19)26(28,29)30/h2-13H,14-16H2,1H3. The fraction of sp³-hybridized carbons (Fsp3) is 0.192. The van der Waals surface area contributed by atoms with Crippen LogP contribution in [0.2, 0.25) is 0 Å². The SMILES string of the molecule is CN1Cc2nn(Cc3cccc(-c4cccc(C(F)(F)F)c4)c3)c(-c3ccccc3F)c2C1. The molecule has 0 radical (unpaired) electrons. The zero-order valence-corrected chi connectivity index (χ0v) is 17.9. The first-order valence-electron chi connectivity index (χ1n) is 10.6. The highest BCUT2D eigenvalue weighted by Crippen LogP contribution is 2.35. The molecule has 1 aromatic heterocycles. The van der Waals surface area contributed by atoms with Gasteiger partial charge in [-0.15, -0.1) is 0 Å². The Morgan fingerprint density at radius 3 is 2.36 bits per heavy atom. The third kappa shape index (κ3) is 4.16. The molecular weight excluding hydrogens is 430 g/mol. The Labute approximate surface area is 188 Å². The summed E-state index contributed by atoms with van der Waals surface area (Å²) in [6.45, 7) is 1.75. The molecule has 1 aliphatic rings. The molecule has 3 nitrogen and oxygen atoms in total. The number of halogens is 4. The van der Waals surface area contributed by atoms with Crippen LogP contribution < -0.4 is 0 Å². The predicted octanol–water partition coefficient (Wildman–Crippen LogP) is 6.37. The number of benzene rings is 3. The van der Waals surface area contributed by atoms with Gasteiger partial charge < -0.3 is 0 Å². The summed E-state index contributed by atoms with van der Waals surface area (Å²) in [6.07, 6.45) is -4.40. The van der Waals surface area contributed by atoms with Crippen molar-refractivity contribution in [2.75, 3.05) is 7.05 Å². The summed E-state index contributed by atoms with van der Waals surface area (Å²) in [4.78, 5) is 2.13. The number of alkyl halides is 3. The van der Waals surface area contributed by atoms with E-state index in [0.717, 1.165) is 34.6 Å². The second-order valence-corrected chi connectivity index (χ2v) is 8.36. The van der Waals surface area contributed by atoms with Gasteiger partial charge in [0.05, 0.1) is 23.5 Å². The first-order chi connectivity index (χ1) is 15.8. The summed E-state index contributed by atoms with van der Waals surface area (Å²) in [5.74, 6) is -0.311. The lowest BCUT2D eigenvalue weighted by Gasteiger charge is -2.14. The zero-order valence-electron chi connectivity index (χ0n) is 17.9. The lowest BCUT2D eigenvalue weighted by atomic mass is 10.0. The molecule has 4 aromatic rings. The molecule has 0 unspecified atom stereocenters. The highest BCUT2D eigenvalue weighted by Gasteiger charge is 2.30. The monoisotopic (exact) mass is 451 g/mol. The molecule has 3 aromatic carbocycles.